The van der Waals surface area contributed by atoms with Crippen LogP contribution in [0.4, 0.5) is 5.69 Å². The van der Waals surface area contributed by atoms with Crippen LogP contribution in [-0.2, 0) is 0 Å². The summed E-state index contributed by atoms with van der Waals surface area (Å²) in [6.45, 7) is 0.677. The molecule has 0 bridgehead atoms. The lowest BCUT2D eigenvalue weighted by atomic mass is 10.2. The maximum absolute atomic E-state index is 5.43. The van der Waals surface area contributed by atoms with Gasteiger partial charge < -0.3 is 0 Å². The Hall–Kier alpha value is -2.86. The summed E-state index contributed by atoms with van der Waals surface area (Å²) in [5.74, 6) is 2.60. The molecular formula is C18H17N3. The molecule has 0 aliphatic rings. The molecule has 0 saturated heterocycles. The van der Waals surface area contributed by atoms with Crippen LogP contribution in [0.1, 0.15) is 11.1 Å². The standard InChI is InChI=1S/C18H17N3/c1-3-17-13-7-8-14-18(17)19-20-21(2)15-9-12-16-10-5-4-6-11-16/h1,4-14H,15H2,2H3/b12-9+,20-19?. The van der Waals surface area contributed by atoms with E-state index in [0.29, 0.717) is 12.2 Å². The molecule has 2 aromatic carbocycles. The minimum Gasteiger partial charge on any atom is -0.278 e. The highest BCUT2D eigenvalue weighted by atomic mass is 15.5. The third kappa shape index (κ3) is 4.63. The van der Waals surface area contributed by atoms with E-state index < -0.39 is 0 Å². The molecule has 0 unspecified atom stereocenters. The molecule has 0 amide bonds. The first-order valence-electron chi connectivity index (χ1n) is 6.69. The van der Waals surface area contributed by atoms with Gasteiger partial charge >= 0.3 is 0 Å². The van der Waals surface area contributed by atoms with Crippen molar-refractivity contribution >= 4 is 11.8 Å². The Morgan fingerprint density at radius 1 is 1.10 bits per heavy atom. The SMILES string of the molecule is C#Cc1ccccc1N=NN(C)C/C=C/c1ccccc1. The number of benzene rings is 2. The highest BCUT2D eigenvalue weighted by Gasteiger charge is 1.96. The molecule has 0 saturated carbocycles. The number of nitrogens with zero attached hydrogens (tertiary/aromatic N) is 3. The van der Waals surface area contributed by atoms with E-state index in [-0.39, 0.29) is 0 Å². The fourth-order valence-electron chi connectivity index (χ4n) is 1.75. The molecule has 0 aliphatic heterocycles. The van der Waals surface area contributed by atoms with Crippen molar-refractivity contribution in [2.24, 2.45) is 10.3 Å². The first-order valence-corrected chi connectivity index (χ1v) is 6.69. The van der Waals surface area contributed by atoms with Crippen molar-refractivity contribution in [1.82, 2.24) is 5.01 Å². The van der Waals surface area contributed by atoms with E-state index in [1.165, 1.54) is 5.56 Å². The molecule has 0 N–H and O–H groups in total. The van der Waals surface area contributed by atoms with Crippen LogP contribution < -0.4 is 0 Å². The lowest BCUT2D eigenvalue weighted by molar-refractivity contribution is 0.369. The summed E-state index contributed by atoms with van der Waals surface area (Å²) in [6, 6.07) is 17.6. The monoisotopic (exact) mass is 275 g/mol. The smallest absolute Gasteiger partial charge is 0.103 e. The van der Waals surface area contributed by atoms with Crippen LogP contribution in [-0.4, -0.2) is 18.6 Å². The van der Waals surface area contributed by atoms with Crippen LogP contribution in [0.2, 0.25) is 0 Å². The Labute approximate surface area is 125 Å². The Bertz CT molecular complexity index is 666. The normalized spacial score (nSPS) is 10.9. The van der Waals surface area contributed by atoms with Crippen LogP contribution in [0.25, 0.3) is 6.08 Å². The van der Waals surface area contributed by atoms with E-state index >= 15 is 0 Å². The maximum atomic E-state index is 5.43. The third-order valence-electron chi connectivity index (χ3n) is 2.84. The molecular weight excluding hydrogens is 258 g/mol. The van der Waals surface area contributed by atoms with Gasteiger partial charge in [0.15, 0.2) is 0 Å². The number of hydrogen-bond acceptors (Lipinski definition) is 2. The number of hydrogen-bond donors (Lipinski definition) is 0. The van der Waals surface area contributed by atoms with Gasteiger partial charge in [-0.05, 0) is 17.7 Å². The predicted molar refractivity (Wildman–Crippen MR) is 87.0 cm³/mol. The van der Waals surface area contributed by atoms with Gasteiger partial charge in [0, 0.05) is 7.05 Å². The molecule has 0 spiro atoms. The zero-order chi connectivity index (χ0) is 14.9. The summed E-state index contributed by atoms with van der Waals surface area (Å²) in [5, 5.41) is 10.1. The summed E-state index contributed by atoms with van der Waals surface area (Å²) in [4.78, 5) is 0. The second-order valence-electron chi connectivity index (χ2n) is 4.50. The van der Waals surface area contributed by atoms with Gasteiger partial charge in [0.25, 0.3) is 0 Å². The Kier molecular flexibility index (Phi) is 5.31. The minimum atomic E-state index is 0.677. The number of likely N-dealkylation sites (N-methyl/N-ethyl adjacent to an activating group) is 1. The summed E-state index contributed by atoms with van der Waals surface area (Å²) >= 11 is 0. The molecule has 0 atom stereocenters. The molecule has 0 heterocycles. The molecule has 2 aromatic rings. The summed E-state index contributed by atoms with van der Waals surface area (Å²) in [6.07, 6.45) is 9.53. The van der Waals surface area contributed by atoms with Gasteiger partial charge in [-0.1, -0.05) is 65.8 Å². The maximum Gasteiger partial charge on any atom is 0.103 e. The second-order valence-corrected chi connectivity index (χ2v) is 4.50. The van der Waals surface area contributed by atoms with Crippen molar-refractivity contribution in [1.29, 1.82) is 0 Å². The van der Waals surface area contributed by atoms with Gasteiger partial charge in [0.2, 0.25) is 0 Å². The van der Waals surface area contributed by atoms with Gasteiger partial charge in [0.05, 0.1) is 12.1 Å². The zero-order valence-corrected chi connectivity index (χ0v) is 12.0. The van der Waals surface area contributed by atoms with Crippen LogP contribution in [0, 0.1) is 12.3 Å². The zero-order valence-electron chi connectivity index (χ0n) is 12.0. The summed E-state index contributed by atoms with van der Waals surface area (Å²) in [5.41, 5.74) is 2.62. The van der Waals surface area contributed by atoms with Crippen LogP contribution in [0.3, 0.4) is 0 Å². The highest BCUT2D eigenvalue weighted by Crippen LogP contribution is 2.17. The fourth-order valence-corrected chi connectivity index (χ4v) is 1.75. The molecule has 104 valence electrons. The molecule has 2 rings (SSSR count). The van der Waals surface area contributed by atoms with Crippen molar-refractivity contribution in [3.63, 3.8) is 0 Å². The lowest BCUT2D eigenvalue weighted by Crippen LogP contribution is -2.09. The van der Waals surface area contributed by atoms with Crippen LogP contribution in [0.5, 0.6) is 0 Å². The largest absolute Gasteiger partial charge is 0.278 e. The molecule has 0 aliphatic carbocycles. The van der Waals surface area contributed by atoms with Crippen LogP contribution in [0.15, 0.2) is 71.0 Å². The van der Waals surface area contributed by atoms with E-state index in [2.05, 4.69) is 34.5 Å². The van der Waals surface area contributed by atoms with Crippen molar-refractivity contribution in [2.75, 3.05) is 13.6 Å². The minimum absolute atomic E-state index is 0.677. The average molecular weight is 275 g/mol. The van der Waals surface area contributed by atoms with Gasteiger partial charge in [-0.2, -0.15) is 0 Å². The van der Waals surface area contributed by atoms with Gasteiger partial charge in [-0.3, -0.25) is 5.01 Å². The van der Waals surface area contributed by atoms with Gasteiger partial charge in [0.1, 0.15) is 5.69 Å². The van der Waals surface area contributed by atoms with E-state index in [4.69, 9.17) is 6.42 Å². The quantitative estimate of drug-likeness (QED) is 0.454. The Morgan fingerprint density at radius 3 is 2.57 bits per heavy atom. The first-order chi connectivity index (χ1) is 10.3. The lowest BCUT2D eigenvalue weighted by Gasteiger charge is -2.07. The van der Waals surface area contributed by atoms with Crippen molar-refractivity contribution in [2.45, 2.75) is 0 Å². The topological polar surface area (TPSA) is 28.0 Å². The molecule has 0 radical (unpaired) electrons. The first kappa shape index (κ1) is 14.5. The van der Waals surface area contributed by atoms with E-state index in [0.717, 1.165) is 5.56 Å². The number of terminal acetylenes is 1. The molecule has 3 nitrogen and oxygen atoms in total. The van der Waals surface area contributed by atoms with E-state index in [1.54, 1.807) is 5.01 Å². The number of rotatable bonds is 5. The highest BCUT2D eigenvalue weighted by molar-refractivity contribution is 5.53. The summed E-state index contributed by atoms with van der Waals surface area (Å²) < 4.78 is 0. The predicted octanol–water partition coefficient (Wildman–Crippen LogP) is 4.31. The molecule has 0 fully saturated rings. The average Bonchev–Trinajstić information content (AvgIpc) is 2.54. The second kappa shape index (κ2) is 7.66. The summed E-state index contributed by atoms with van der Waals surface area (Å²) in [7, 11) is 1.87. The van der Waals surface area contributed by atoms with Crippen molar-refractivity contribution in [3.8, 4) is 12.3 Å². The molecule has 3 heteroatoms. The van der Waals surface area contributed by atoms with Gasteiger partial charge in [-0.25, -0.2) is 0 Å². The Balaban J connectivity index is 1.93. The third-order valence-corrected chi connectivity index (χ3v) is 2.84. The van der Waals surface area contributed by atoms with Crippen molar-refractivity contribution < 1.29 is 0 Å². The molecule has 21 heavy (non-hydrogen) atoms. The van der Waals surface area contributed by atoms with E-state index in [9.17, 15) is 0 Å². The van der Waals surface area contributed by atoms with Crippen molar-refractivity contribution in [3.05, 3.63) is 71.8 Å². The molecule has 0 aromatic heterocycles. The van der Waals surface area contributed by atoms with E-state index in [1.807, 2.05) is 55.6 Å². The fraction of sp³-hybridized carbons (Fsp3) is 0.111. The van der Waals surface area contributed by atoms with Crippen LogP contribution >= 0.6 is 0 Å². The van der Waals surface area contributed by atoms with Gasteiger partial charge in [-0.15, -0.1) is 11.5 Å². The Morgan fingerprint density at radius 2 is 1.81 bits per heavy atom.